The Morgan fingerprint density at radius 1 is 1.07 bits per heavy atom. The summed E-state index contributed by atoms with van der Waals surface area (Å²) in [5.41, 5.74) is 8.53. The number of carbonyl (C=O) groups is 2. The number of carbonyl (C=O) groups excluding carboxylic acids is 2. The smallest absolute Gasteiger partial charge is 0.254 e. The van der Waals surface area contributed by atoms with E-state index in [1.165, 1.54) is 6.92 Å². The van der Waals surface area contributed by atoms with Crippen LogP contribution < -0.4 is 16.2 Å². The molecule has 0 aliphatic heterocycles. The van der Waals surface area contributed by atoms with Crippen LogP contribution in [-0.4, -0.2) is 24.8 Å². The molecule has 6 nitrogen and oxygen atoms in total. The van der Waals surface area contributed by atoms with Crippen LogP contribution in [0.15, 0.2) is 57.9 Å². The van der Waals surface area contributed by atoms with Crippen molar-refractivity contribution >= 4 is 34.0 Å². The summed E-state index contributed by atoms with van der Waals surface area (Å²) in [6.07, 6.45) is 0. The number of nitrogens with zero attached hydrogens (tertiary/aromatic N) is 2. The molecule has 1 amide bonds. The summed E-state index contributed by atoms with van der Waals surface area (Å²) in [4.78, 5) is 30.2. The quantitative estimate of drug-likeness (QED) is 0.662. The van der Waals surface area contributed by atoms with Crippen molar-refractivity contribution in [1.82, 2.24) is 0 Å². The maximum absolute atomic E-state index is 11.9. The number of amides is 1. The highest BCUT2D eigenvalue weighted by Crippen LogP contribution is 2.22. The van der Waals surface area contributed by atoms with Crippen LogP contribution in [0.4, 0.5) is 11.4 Å². The highest BCUT2D eigenvalue weighted by Gasteiger charge is 2.11. The Hall–Kier alpha value is -3.41. The van der Waals surface area contributed by atoms with E-state index >= 15 is 0 Å². The minimum atomic E-state index is -0.625. The first-order valence-electron chi connectivity index (χ1n) is 9.21. The average Bonchev–Trinajstić information content (AvgIpc) is 2.68. The Morgan fingerprint density at radius 3 is 2.46 bits per heavy atom. The second-order valence-corrected chi connectivity index (χ2v) is 6.44. The number of Topliss-reactive ketones (excluding diaryl/α,β-unsaturated/α-hetero) is 1. The van der Waals surface area contributed by atoms with Crippen LogP contribution in [0.25, 0.3) is 11.0 Å². The molecule has 6 heteroatoms. The van der Waals surface area contributed by atoms with Crippen LogP contribution in [0.1, 0.15) is 41.5 Å². The van der Waals surface area contributed by atoms with Gasteiger partial charge in [-0.15, -0.1) is 0 Å². The molecule has 0 radical (unpaired) electrons. The highest BCUT2D eigenvalue weighted by atomic mass is 16.3. The summed E-state index contributed by atoms with van der Waals surface area (Å²) in [5.74, 6) is -0.688. The molecule has 0 aliphatic carbocycles. The lowest BCUT2D eigenvalue weighted by atomic mass is 10.1. The van der Waals surface area contributed by atoms with Gasteiger partial charge in [-0.3, -0.25) is 9.59 Å². The van der Waals surface area contributed by atoms with Gasteiger partial charge in [0.2, 0.25) is 5.55 Å². The molecule has 1 aromatic heterocycles. The van der Waals surface area contributed by atoms with Crippen LogP contribution in [0.5, 0.6) is 0 Å². The largest absolute Gasteiger partial charge is 0.437 e. The molecule has 0 spiro atoms. The summed E-state index contributed by atoms with van der Waals surface area (Å²) in [6, 6.07) is 14.3. The molecule has 0 unspecified atom stereocenters. The normalized spacial score (nSPS) is 11.6. The predicted molar refractivity (Wildman–Crippen MR) is 110 cm³/mol. The summed E-state index contributed by atoms with van der Waals surface area (Å²) in [7, 11) is 0. The minimum absolute atomic E-state index is 0.0634. The SMILES string of the molecule is CCN(CC)c1ccc2cc(C(N)=O)c(=Nc3cccc(C(C)=O)c3)oc2c1. The number of primary amides is 1. The maximum atomic E-state index is 11.9. The highest BCUT2D eigenvalue weighted by molar-refractivity contribution is 5.96. The number of fused-ring (bicyclic) bond motifs is 1. The molecule has 1 heterocycles. The summed E-state index contributed by atoms with van der Waals surface area (Å²) in [5, 5.41) is 0.765. The average molecular weight is 377 g/mol. The third-order valence-electron chi connectivity index (χ3n) is 4.61. The monoisotopic (exact) mass is 377 g/mol. The Kier molecular flexibility index (Phi) is 5.59. The van der Waals surface area contributed by atoms with Crippen LogP contribution >= 0.6 is 0 Å². The second-order valence-electron chi connectivity index (χ2n) is 6.44. The van der Waals surface area contributed by atoms with Crippen LogP contribution in [0.2, 0.25) is 0 Å². The van der Waals surface area contributed by atoms with Gasteiger partial charge in [0, 0.05) is 35.8 Å². The Morgan fingerprint density at radius 2 is 1.82 bits per heavy atom. The van der Waals surface area contributed by atoms with Crippen molar-refractivity contribution in [2.24, 2.45) is 10.7 Å². The predicted octanol–water partition coefficient (Wildman–Crippen LogP) is 3.81. The molecule has 0 fully saturated rings. The number of hydrogen-bond acceptors (Lipinski definition) is 5. The van der Waals surface area contributed by atoms with E-state index in [1.54, 1.807) is 30.3 Å². The standard InChI is InChI=1S/C22H23N3O3/c1-4-25(5-2)18-10-9-16-12-19(21(23)27)22(28-20(16)13-18)24-17-8-6-7-15(11-17)14(3)26/h6-13H,4-5H2,1-3H3,(H2,23,27). The van der Waals surface area contributed by atoms with Gasteiger partial charge in [0.1, 0.15) is 11.1 Å². The molecule has 0 atom stereocenters. The maximum Gasteiger partial charge on any atom is 0.254 e. The molecule has 3 aromatic rings. The van der Waals surface area contributed by atoms with E-state index in [2.05, 4.69) is 23.7 Å². The lowest BCUT2D eigenvalue weighted by Gasteiger charge is -2.21. The van der Waals surface area contributed by atoms with Gasteiger partial charge < -0.3 is 15.1 Å². The lowest BCUT2D eigenvalue weighted by Crippen LogP contribution is -2.23. The Balaban J connectivity index is 2.21. The van der Waals surface area contributed by atoms with Gasteiger partial charge in [0.15, 0.2) is 5.78 Å². The topological polar surface area (TPSA) is 88.9 Å². The van der Waals surface area contributed by atoms with E-state index in [4.69, 9.17) is 10.2 Å². The first kappa shape index (κ1) is 19.4. The zero-order chi connectivity index (χ0) is 20.3. The number of nitrogens with two attached hydrogens (primary N) is 1. The number of anilines is 1. The van der Waals surface area contributed by atoms with Crippen molar-refractivity contribution in [1.29, 1.82) is 0 Å². The van der Waals surface area contributed by atoms with Gasteiger partial charge in [-0.25, -0.2) is 4.99 Å². The lowest BCUT2D eigenvalue weighted by molar-refractivity contribution is 0.0992. The summed E-state index contributed by atoms with van der Waals surface area (Å²) < 4.78 is 5.96. The molecule has 0 bridgehead atoms. The fourth-order valence-corrected chi connectivity index (χ4v) is 3.06. The van der Waals surface area contributed by atoms with E-state index in [-0.39, 0.29) is 16.9 Å². The summed E-state index contributed by atoms with van der Waals surface area (Å²) >= 11 is 0. The molecule has 2 N–H and O–H groups in total. The van der Waals surface area contributed by atoms with Crippen molar-refractivity contribution in [2.75, 3.05) is 18.0 Å². The number of hydrogen-bond donors (Lipinski definition) is 1. The van der Waals surface area contributed by atoms with E-state index in [0.29, 0.717) is 16.8 Å². The molecule has 144 valence electrons. The van der Waals surface area contributed by atoms with Crippen LogP contribution in [0.3, 0.4) is 0 Å². The zero-order valence-electron chi connectivity index (χ0n) is 16.2. The van der Waals surface area contributed by atoms with Gasteiger partial charge in [0.05, 0.1) is 5.69 Å². The van der Waals surface area contributed by atoms with Crippen molar-refractivity contribution in [3.63, 3.8) is 0 Å². The van der Waals surface area contributed by atoms with Crippen molar-refractivity contribution in [3.8, 4) is 0 Å². The first-order valence-corrected chi connectivity index (χ1v) is 9.21. The molecular weight excluding hydrogens is 354 g/mol. The molecule has 0 aliphatic rings. The van der Waals surface area contributed by atoms with E-state index < -0.39 is 5.91 Å². The van der Waals surface area contributed by atoms with Crippen molar-refractivity contribution < 1.29 is 14.0 Å². The van der Waals surface area contributed by atoms with Gasteiger partial charge in [-0.2, -0.15) is 0 Å². The van der Waals surface area contributed by atoms with E-state index in [1.807, 2.05) is 18.2 Å². The van der Waals surface area contributed by atoms with Crippen LogP contribution in [-0.2, 0) is 0 Å². The fraction of sp³-hybridized carbons (Fsp3) is 0.227. The zero-order valence-corrected chi connectivity index (χ0v) is 16.2. The van der Waals surface area contributed by atoms with E-state index in [9.17, 15) is 9.59 Å². The van der Waals surface area contributed by atoms with E-state index in [0.717, 1.165) is 24.2 Å². The summed E-state index contributed by atoms with van der Waals surface area (Å²) in [6.45, 7) is 7.41. The third kappa shape index (κ3) is 3.96. The Labute approximate surface area is 163 Å². The minimum Gasteiger partial charge on any atom is -0.437 e. The molecule has 0 saturated carbocycles. The molecule has 2 aromatic carbocycles. The number of ketones is 1. The molecule has 3 rings (SSSR count). The fourth-order valence-electron chi connectivity index (χ4n) is 3.06. The molecule has 28 heavy (non-hydrogen) atoms. The van der Waals surface area contributed by atoms with Gasteiger partial charge in [0.25, 0.3) is 5.91 Å². The Bertz CT molecular complexity index is 1110. The van der Waals surface area contributed by atoms with Crippen molar-refractivity contribution in [2.45, 2.75) is 20.8 Å². The van der Waals surface area contributed by atoms with Crippen molar-refractivity contribution in [3.05, 3.63) is 65.2 Å². The van der Waals surface area contributed by atoms with Gasteiger partial charge >= 0.3 is 0 Å². The van der Waals surface area contributed by atoms with Gasteiger partial charge in [-0.05, 0) is 51.1 Å². The van der Waals surface area contributed by atoms with Crippen LogP contribution in [0, 0.1) is 0 Å². The van der Waals surface area contributed by atoms with Gasteiger partial charge in [-0.1, -0.05) is 12.1 Å². The second kappa shape index (κ2) is 8.08. The first-order chi connectivity index (χ1) is 13.4. The number of benzene rings is 2. The third-order valence-corrected chi connectivity index (χ3v) is 4.61. The molecule has 0 saturated heterocycles. The molecular formula is C22H23N3O3. The number of rotatable bonds is 6.